The molecule has 26 heavy (non-hydrogen) atoms. The van der Waals surface area contributed by atoms with Crippen molar-refractivity contribution in [2.45, 2.75) is 12.6 Å². The van der Waals surface area contributed by atoms with E-state index in [0.29, 0.717) is 19.0 Å². The van der Waals surface area contributed by atoms with Gasteiger partial charge in [-0.2, -0.15) is 0 Å². The quantitative estimate of drug-likeness (QED) is 0.342. The Morgan fingerprint density at radius 3 is 2.54 bits per heavy atom. The Labute approximate surface area is 170 Å². The van der Waals surface area contributed by atoms with Gasteiger partial charge < -0.3 is 19.7 Å². The minimum absolute atomic E-state index is 0. The Hall–Kier alpha value is -2.06. The van der Waals surface area contributed by atoms with Gasteiger partial charge in [0.05, 0.1) is 12.6 Å². The summed E-state index contributed by atoms with van der Waals surface area (Å²) in [6.07, 6.45) is -0.586. The van der Waals surface area contributed by atoms with Gasteiger partial charge in [-0.1, -0.05) is 48.5 Å². The lowest BCUT2D eigenvalue weighted by atomic mass is 10.1. The number of aliphatic imine (C=N–C) groups is 1. The molecule has 0 amide bonds. The van der Waals surface area contributed by atoms with Crippen molar-refractivity contribution in [2.24, 2.45) is 4.99 Å². The number of hydrogen-bond acceptors (Lipinski definition) is 3. The molecular formula is C20H24IN3O2. The Kier molecular flexibility index (Phi) is 7.47. The number of aliphatic hydroxyl groups excluding tert-OH is 1. The Balaban J connectivity index is 0.00000243. The molecule has 3 rings (SSSR count). The standard InChI is InChI=1S/C20H23N3O2.HI/c1-21-20(22-13-18(24)15-8-4-3-5-9-15)23(2)14-17-12-16-10-6-7-11-19(16)25-17;/h3-12,18,24H,13-14H2,1-2H3,(H,21,22);1H. The number of fused-ring (bicyclic) bond motifs is 1. The zero-order chi connectivity index (χ0) is 17.6. The third-order valence-corrected chi connectivity index (χ3v) is 4.08. The Morgan fingerprint density at radius 1 is 1.15 bits per heavy atom. The first-order chi connectivity index (χ1) is 12.2. The molecule has 2 N–H and O–H groups in total. The molecule has 1 atom stereocenters. The number of furan rings is 1. The Bertz CT molecular complexity index is 815. The van der Waals surface area contributed by atoms with Gasteiger partial charge in [0.2, 0.25) is 0 Å². The van der Waals surface area contributed by atoms with Crippen LogP contribution in [0.1, 0.15) is 17.4 Å². The molecule has 0 fully saturated rings. The van der Waals surface area contributed by atoms with Crippen LogP contribution in [-0.2, 0) is 6.54 Å². The summed E-state index contributed by atoms with van der Waals surface area (Å²) in [6, 6.07) is 19.6. The van der Waals surface area contributed by atoms with Crippen LogP contribution in [0.15, 0.2) is 70.1 Å². The average molecular weight is 465 g/mol. The van der Waals surface area contributed by atoms with Crippen LogP contribution < -0.4 is 5.32 Å². The highest BCUT2D eigenvalue weighted by Crippen LogP contribution is 2.19. The van der Waals surface area contributed by atoms with Crippen molar-refractivity contribution in [1.29, 1.82) is 0 Å². The number of aliphatic hydroxyl groups is 1. The van der Waals surface area contributed by atoms with Gasteiger partial charge in [-0.3, -0.25) is 4.99 Å². The molecule has 0 saturated heterocycles. The van der Waals surface area contributed by atoms with Gasteiger partial charge in [0.1, 0.15) is 11.3 Å². The molecule has 138 valence electrons. The average Bonchev–Trinajstić information content (AvgIpc) is 3.05. The summed E-state index contributed by atoms with van der Waals surface area (Å²) in [5.74, 6) is 1.57. The highest BCUT2D eigenvalue weighted by molar-refractivity contribution is 14.0. The molecule has 1 heterocycles. The lowest BCUT2D eigenvalue weighted by Gasteiger charge is -2.22. The maximum Gasteiger partial charge on any atom is 0.193 e. The molecule has 0 radical (unpaired) electrons. The third kappa shape index (κ3) is 4.98. The fraction of sp³-hybridized carbons (Fsp3) is 0.250. The topological polar surface area (TPSA) is 61.0 Å². The molecule has 6 heteroatoms. The second-order valence-corrected chi connectivity index (χ2v) is 5.96. The van der Waals surface area contributed by atoms with Crippen molar-refractivity contribution in [1.82, 2.24) is 10.2 Å². The van der Waals surface area contributed by atoms with E-state index in [0.717, 1.165) is 22.3 Å². The summed E-state index contributed by atoms with van der Waals surface area (Å²) in [6.45, 7) is 0.983. The van der Waals surface area contributed by atoms with Crippen molar-refractivity contribution in [2.75, 3.05) is 20.6 Å². The smallest absolute Gasteiger partial charge is 0.193 e. The molecule has 0 aliphatic carbocycles. The first-order valence-electron chi connectivity index (χ1n) is 8.29. The molecule has 5 nitrogen and oxygen atoms in total. The summed E-state index contributed by atoms with van der Waals surface area (Å²) >= 11 is 0. The molecule has 0 bridgehead atoms. The molecule has 0 saturated carbocycles. The zero-order valence-electron chi connectivity index (χ0n) is 14.9. The van der Waals surface area contributed by atoms with Crippen LogP contribution in [0, 0.1) is 0 Å². The highest BCUT2D eigenvalue weighted by Gasteiger charge is 2.12. The predicted octanol–water partition coefficient (Wildman–Crippen LogP) is 3.79. The molecule has 2 aromatic carbocycles. The largest absolute Gasteiger partial charge is 0.459 e. The highest BCUT2D eigenvalue weighted by atomic mass is 127. The van der Waals surface area contributed by atoms with Crippen LogP contribution in [0.25, 0.3) is 11.0 Å². The second-order valence-electron chi connectivity index (χ2n) is 5.96. The lowest BCUT2D eigenvalue weighted by Crippen LogP contribution is -2.40. The zero-order valence-corrected chi connectivity index (χ0v) is 17.3. The van der Waals surface area contributed by atoms with Gasteiger partial charge in [0.15, 0.2) is 5.96 Å². The van der Waals surface area contributed by atoms with E-state index in [4.69, 9.17) is 4.42 Å². The van der Waals surface area contributed by atoms with Gasteiger partial charge in [0, 0.05) is 26.0 Å². The molecule has 0 aliphatic rings. The van der Waals surface area contributed by atoms with E-state index in [-0.39, 0.29) is 24.0 Å². The number of guanidine groups is 1. The number of rotatable bonds is 5. The van der Waals surface area contributed by atoms with E-state index < -0.39 is 6.10 Å². The van der Waals surface area contributed by atoms with Crippen LogP contribution in [0.2, 0.25) is 0 Å². The van der Waals surface area contributed by atoms with Crippen LogP contribution in [0.4, 0.5) is 0 Å². The van der Waals surface area contributed by atoms with Gasteiger partial charge in [-0.25, -0.2) is 0 Å². The van der Waals surface area contributed by atoms with E-state index >= 15 is 0 Å². The number of benzene rings is 2. The molecule has 3 aromatic rings. The fourth-order valence-corrected chi connectivity index (χ4v) is 2.79. The number of nitrogens with one attached hydrogen (secondary N) is 1. The van der Waals surface area contributed by atoms with E-state index in [2.05, 4.69) is 10.3 Å². The minimum Gasteiger partial charge on any atom is -0.459 e. The molecule has 1 unspecified atom stereocenters. The molecule has 0 aliphatic heterocycles. The summed E-state index contributed by atoms with van der Waals surface area (Å²) in [5, 5.41) is 14.6. The van der Waals surface area contributed by atoms with Crippen LogP contribution in [0.5, 0.6) is 0 Å². The predicted molar refractivity (Wildman–Crippen MR) is 116 cm³/mol. The van der Waals surface area contributed by atoms with Crippen molar-refractivity contribution in [3.05, 3.63) is 72.0 Å². The van der Waals surface area contributed by atoms with Gasteiger partial charge in [0.25, 0.3) is 0 Å². The maximum atomic E-state index is 10.3. The summed E-state index contributed by atoms with van der Waals surface area (Å²) in [7, 11) is 3.67. The van der Waals surface area contributed by atoms with Crippen molar-refractivity contribution in [3.8, 4) is 0 Å². The van der Waals surface area contributed by atoms with E-state index in [1.165, 1.54) is 0 Å². The van der Waals surface area contributed by atoms with E-state index in [9.17, 15) is 5.11 Å². The summed E-state index contributed by atoms with van der Waals surface area (Å²) < 4.78 is 5.85. The first kappa shape index (κ1) is 20.3. The third-order valence-electron chi connectivity index (χ3n) is 4.08. The van der Waals surface area contributed by atoms with E-state index in [1.54, 1.807) is 7.05 Å². The minimum atomic E-state index is -0.586. The normalized spacial score (nSPS) is 12.5. The van der Waals surface area contributed by atoms with Crippen molar-refractivity contribution < 1.29 is 9.52 Å². The maximum absolute atomic E-state index is 10.3. The molecule has 0 spiro atoms. The van der Waals surface area contributed by atoms with Crippen LogP contribution in [0.3, 0.4) is 0 Å². The van der Waals surface area contributed by atoms with Crippen LogP contribution in [-0.4, -0.2) is 36.6 Å². The number of para-hydroxylation sites is 1. The van der Waals surface area contributed by atoms with Gasteiger partial charge in [-0.15, -0.1) is 24.0 Å². The lowest BCUT2D eigenvalue weighted by molar-refractivity contribution is 0.179. The summed E-state index contributed by atoms with van der Waals surface area (Å²) in [5.41, 5.74) is 1.76. The first-order valence-corrected chi connectivity index (χ1v) is 8.29. The van der Waals surface area contributed by atoms with Crippen molar-refractivity contribution in [3.63, 3.8) is 0 Å². The Morgan fingerprint density at radius 2 is 1.85 bits per heavy atom. The van der Waals surface area contributed by atoms with Gasteiger partial charge >= 0.3 is 0 Å². The summed E-state index contributed by atoms with van der Waals surface area (Å²) in [4.78, 5) is 6.25. The number of hydrogen-bond donors (Lipinski definition) is 2. The number of halogens is 1. The van der Waals surface area contributed by atoms with Crippen molar-refractivity contribution >= 4 is 40.9 Å². The number of nitrogens with zero attached hydrogens (tertiary/aromatic N) is 2. The molecule has 1 aromatic heterocycles. The van der Waals surface area contributed by atoms with Crippen LogP contribution >= 0.6 is 24.0 Å². The monoisotopic (exact) mass is 465 g/mol. The fourth-order valence-electron chi connectivity index (χ4n) is 2.79. The van der Waals surface area contributed by atoms with Gasteiger partial charge in [-0.05, 0) is 17.7 Å². The second kappa shape index (κ2) is 9.59. The van der Waals surface area contributed by atoms with E-state index in [1.807, 2.05) is 72.6 Å². The SMILES string of the molecule is CN=C(NCC(O)c1ccccc1)N(C)Cc1cc2ccccc2o1.I. The molecular weight excluding hydrogens is 441 g/mol.